The average Bonchev–Trinajstić information content (AvgIpc) is 3.31. The molecule has 1 heteroatoms. The molecule has 0 amide bonds. The molecule has 1 heterocycles. The Hall–Kier alpha value is -5.66. The second-order valence-corrected chi connectivity index (χ2v) is 13.3. The molecular weight excluding hydrogens is 556 g/mol. The Morgan fingerprint density at radius 3 is 1.98 bits per heavy atom. The van der Waals surface area contributed by atoms with Gasteiger partial charge in [-0.1, -0.05) is 117 Å². The van der Waals surface area contributed by atoms with Gasteiger partial charge in [-0.15, -0.1) is 0 Å². The first-order valence-electron chi connectivity index (χ1n) is 16.1. The lowest BCUT2D eigenvalue weighted by Crippen LogP contribution is -2.15. The Morgan fingerprint density at radius 2 is 1.09 bits per heavy atom. The van der Waals surface area contributed by atoms with E-state index in [4.69, 9.17) is 4.74 Å². The summed E-state index contributed by atoms with van der Waals surface area (Å²) in [6, 6.07) is 53.5. The fourth-order valence-corrected chi connectivity index (χ4v) is 8.04. The topological polar surface area (TPSA) is 9.23 Å². The third-order valence-electron chi connectivity index (χ3n) is 10.4. The van der Waals surface area contributed by atoms with Gasteiger partial charge in [-0.25, -0.2) is 0 Å². The molecule has 0 bridgehead atoms. The summed E-state index contributed by atoms with van der Waals surface area (Å²) in [6.07, 6.45) is 0. The van der Waals surface area contributed by atoms with Gasteiger partial charge in [-0.05, 0) is 119 Å². The van der Waals surface area contributed by atoms with Crippen LogP contribution in [0.5, 0.6) is 11.5 Å². The smallest absolute Gasteiger partial charge is 0.135 e. The van der Waals surface area contributed by atoms with Crippen LogP contribution in [-0.2, 0) is 5.41 Å². The summed E-state index contributed by atoms with van der Waals surface area (Å²) >= 11 is 0. The number of hydrogen-bond acceptors (Lipinski definition) is 1. The van der Waals surface area contributed by atoms with Crippen molar-refractivity contribution in [3.8, 4) is 56.0 Å². The summed E-state index contributed by atoms with van der Waals surface area (Å²) in [4.78, 5) is 0. The maximum atomic E-state index is 6.39. The highest BCUT2D eigenvalue weighted by Gasteiger charge is 2.36. The van der Waals surface area contributed by atoms with Gasteiger partial charge in [-0.3, -0.25) is 0 Å². The van der Waals surface area contributed by atoms with Gasteiger partial charge in [0.15, 0.2) is 0 Å². The summed E-state index contributed by atoms with van der Waals surface area (Å²) in [5.41, 5.74) is 12.7. The van der Waals surface area contributed by atoms with Gasteiger partial charge < -0.3 is 4.74 Å². The van der Waals surface area contributed by atoms with Crippen molar-refractivity contribution < 1.29 is 4.74 Å². The summed E-state index contributed by atoms with van der Waals surface area (Å²) in [6.45, 7) is 4.76. The molecule has 0 aromatic heterocycles. The van der Waals surface area contributed by atoms with E-state index in [2.05, 4.69) is 159 Å². The van der Waals surface area contributed by atoms with Crippen LogP contribution < -0.4 is 4.74 Å². The first kappa shape index (κ1) is 25.6. The zero-order valence-electron chi connectivity index (χ0n) is 25.8. The van der Waals surface area contributed by atoms with Crippen LogP contribution in [0.2, 0.25) is 0 Å². The zero-order chi connectivity index (χ0) is 30.6. The lowest BCUT2D eigenvalue weighted by molar-refractivity contribution is 0.487. The van der Waals surface area contributed by atoms with Crippen LogP contribution in [0.15, 0.2) is 146 Å². The Bertz CT molecular complexity index is 2580. The van der Waals surface area contributed by atoms with Crippen LogP contribution in [0.25, 0.3) is 76.8 Å². The molecule has 0 spiro atoms. The van der Waals surface area contributed by atoms with Crippen molar-refractivity contribution in [3.05, 3.63) is 157 Å². The molecule has 1 nitrogen and oxygen atoms in total. The first-order chi connectivity index (χ1) is 22.5. The lowest BCUT2D eigenvalue weighted by atomic mass is 9.80. The first-order valence-corrected chi connectivity index (χ1v) is 16.1. The summed E-state index contributed by atoms with van der Waals surface area (Å²) < 4.78 is 6.39. The fourth-order valence-electron chi connectivity index (χ4n) is 8.04. The maximum absolute atomic E-state index is 6.39. The minimum Gasteiger partial charge on any atom is -0.456 e. The molecule has 10 rings (SSSR count). The number of rotatable bonds is 2. The molecule has 0 saturated heterocycles. The van der Waals surface area contributed by atoms with E-state index in [1.807, 2.05) is 0 Å². The van der Waals surface area contributed by atoms with E-state index in [0.29, 0.717) is 0 Å². The maximum Gasteiger partial charge on any atom is 0.135 e. The van der Waals surface area contributed by atoms with E-state index in [1.54, 1.807) is 0 Å². The van der Waals surface area contributed by atoms with E-state index in [9.17, 15) is 0 Å². The van der Waals surface area contributed by atoms with Gasteiger partial charge in [0.05, 0.1) is 0 Å². The Labute approximate surface area is 268 Å². The quantitative estimate of drug-likeness (QED) is 0.196. The number of hydrogen-bond donors (Lipinski definition) is 0. The van der Waals surface area contributed by atoms with Gasteiger partial charge in [0.25, 0.3) is 0 Å². The van der Waals surface area contributed by atoms with E-state index in [-0.39, 0.29) is 5.41 Å². The Kier molecular flexibility index (Phi) is 5.12. The monoisotopic (exact) mass is 586 g/mol. The molecule has 1 aliphatic carbocycles. The standard InChI is InChI=1S/C45H30O/c1-45(2)40-25-31(30-19-21-42-39(23-30)36-14-5-10-28-11-7-15-43(46-42)44(28)36)18-20-35(40)38-24-32-12-6-13-34(37(32)26-41(38)45)33-17-16-27-8-3-4-9-29(27)22-33/h3-26H,1-2H3. The second-order valence-electron chi connectivity index (χ2n) is 13.3. The van der Waals surface area contributed by atoms with Crippen LogP contribution >= 0.6 is 0 Å². The highest BCUT2D eigenvalue weighted by molar-refractivity contribution is 6.05. The summed E-state index contributed by atoms with van der Waals surface area (Å²) in [5.74, 6) is 1.85. The van der Waals surface area contributed by atoms with Gasteiger partial charge in [0.1, 0.15) is 11.5 Å². The minimum atomic E-state index is -0.132. The number of benzene rings is 8. The molecule has 0 atom stereocenters. The van der Waals surface area contributed by atoms with Crippen LogP contribution in [0, 0.1) is 0 Å². The van der Waals surface area contributed by atoms with Crippen molar-refractivity contribution in [2.45, 2.75) is 19.3 Å². The third kappa shape index (κ3) is 3.57. The Balaban J connectivity index is 1.09. The van der Waals surface area contributed by atoms with E-state index in [0.717, 1.165) is 17.1 Å². The van der Waals surface area contributed by atoms with Gasteiger partial charge in [-0.2, -0.15) is 0 Å². The number of ether oxygens (including phenoxy) is 1. The zero-order valence-corrected chi connectivity index (χ0v) is 25.8. The van der Waals surface area contributed by atoms with Crippen LogP contribution in [0.4, 0.5) is 0 Å². The van der Waals surface area contributed by atoms with Crippen LogP contribution in [0.3, 0.4) is 0 Å². The molecule has 1 aliphatic heterocycles. The minimum absolute atomic E-state index is 0.132. The van der Waals surface area contributed by atoms with E-state index in [1.165, 1.54) is 82.4 Å². The lowest BCUT2D eigenvalue weighted by Gasteiger charge is -2.23. The third-order valence-corrected chi connectivity index (χ3v) is 10.4. The van der Waals surface area contributed by atoms with Gasteiger partial charge >= 0.3 is 0 Å². The molecule has 216 valence electrons. The van der Waals surface area contributed by atoms with E-state index < -0.39 is 0 Å². The van der Waals surface area contributed by atoms with Crippen molar-refractivity contribution >= 4 is 32.3 Å². The van der Waals surface area contributed by atoms with Crippen LogP contribution in [-0.4, -0.2) is 0 Å². The Morgan fingerprint density at radius 1 is 0.391 bits per heavy atom. The molecule has 0 fully saturated rings. The van der Waals surface area contributed by atoms with Crippen molar-refractivity contribution in [3.63, 3.8) is 0 Å². The fraction of sp³-hybridized carbons (Fsp3) is 0.0667. The molecule has 0 radical (unpaired) electrons. The van der Waals surface area contributed by atoms with Crippen molar-refractivity contribution in [1.82, 2.24) is 0 Å². The average molecular weight is 587 g/mol. The molecule has 0 saturated carbocycles. The largest absolute Gasteiger partial charge is 0.456 e. The predicted molar refractivity (Wildman–Crippen MR) is 193 cm³/mol. The van der Waals surface area contributed by atoms with E-state index >= 15 is 0 Å². The van der Waals surface area contributed by atoms with Gasteiger partial charge in [0, 0.05) is 16.4 Å². The molecule has 2 aliphatic rings. The SMILES string of the molecule is CC1(C)c2cc(-c3ccc4c(c3)-c3cccc5cccc(c35)O4)ccc2-c2cc3cccc(-c4ccc5ccccc5c4)c3cc21. The molecular formula is C45H30O. The predicted octanol–water partition coefficient (Wildman–Crippen LogP) is 12.6. The normalized spacial score (nSPS) is 13.8. The van der Waals surface area contributed by atoms with Crippen LogP contribution in [0.1, 0.15) is 25.0 Å². The molecule has 46 heavy (non-hydrogen) atoms. The molecule has 8 aromatic carbocycles. The molecule has 8 aromatic rings. The molecule has 0 unspecified atom stereocenters. The van der Waals surface area contributed by atoms with Crippen molar-refractivity contribution in [1.29, 1.82) is 0 Å². The summed E-state index contributed by atoms with van der Waals surface area (Å²) in [7, 11) is 0. The highest BCUT2D eigenvalue weighted by atomic mass is 16.5. The molecule has 0 N–H and O–H groups in total. The van der Waals surface area contributed by atoms with Crippen molar-refractivity contribution in [2.75, 3.05) is 0 Å². The van der Waals surface area contributed by atoms with Gasteiger partial charge in [0.2, 0.25) is 0 Å². The number of fused-ring (bicyclic) bond motifs is 7. The second kappa shape index (κ2) is 9.19. The van der Waals surface area contributed by atoms with Crippen molar-refractivity contribution in [2.24, 2.45) is 0 Å². The highest BCUT2D eigenvalue weighted by Crippen LogP contribution is 2.52. The summed E-state index contributed by atoms with van der Waals surface area (Å²) in [5, 5.41) is 7.53.